The van der Waals surface area contributed by atoms with Gasteiger partial charge in [0.15, 0.2) is 0 Å². The van der Waals surface area contributed by atoms with Crippen molar-refractivity contribution >= 4 is 11.6 Å². The van der Waals surface area contributed by atoms with Gasteiger partial charge in [-0.15, -0.1) is 0 Å². The van der Waals surface area contributed by atoms with Crippen molar-refractivity contribution < 1.29 is 13.9 Å². The summed E-state index contributed by atoms with van der Waals surface area (Å²) >= 11 is 6.23. The second kappa shape index (κ2) is 7.92. The van der Waals surface area contributed by atoms with Crippen LogP contribution in [0.2, 0.25) is 5.02 Å². The zero-order chi connectivity index (χ0) is 21.3. The molecule has 0 bridgehead atoms. The van der Waals surface area contributed by atoms with Crippen molar-refractivity contribution in [2.75, 3.05) is 0 Å². The van der Waals surface area contributed by atoms with Gasteiger partial charge in [0.25, 0.3) is 0 Å². The van der Waals surface area contributed by atoms with Crippen LogP contribution in [0.3, 0.4) is 0 Å². The largest absolute Gasteiger partial charge is 0.381 e. The van der Waals surface area contributed by atoms with Crippen molar-refractivity contribution in [3.05, 3.63) is 83.9 Å². The summed E-state index contributed by atoms with van der Waals surface area (Å²) in [5, 5.41) is 20.5. The Morgan fingerprint density at radius 3 is 2.70 bits per heavy atom. The first-order valence-electron chi connectivity index (χ1n) is 9.03. The molecule has 0 fully saturated rings. The molecular formula is C20H17ClF2N6O. The number of aromatic nitrogens is 6. The minimum Gasteiger partial charge on any atom is -0.381 e. The van der Waals surface area contributed by atoms with Crippen LogP contribution in [0.25, 0.3) is 11.1 Å². The molecule has 7 nitrogen and oxygen atoms in total. The number of nitrogens with zero attached hydrogens (tertiary/aromatic N) is 6. The molecular weight excluding hydrogens is 414 g/mol. The molecule has 4 aromatic rings. The van der Waals surface area contributed by atoms with Crippen LogP contribution in [0.15, 0.2) is 61.7 Å². The second-order valence-corrected chi connectivity index (χ2v) is 7.29. The first kappa shape index (κ1) is 20.1. The van der Waals surface area contributed by atoms with Crippen molar-refractivity contribution in [2.24, 2.45) is 0 Å². The summed E-state index contributed by atoms with van der Waals surface area (Å²) in [6, 6.07) is 3.96. The maximum atomic E-state index is 14.7. The highest BCUT2D eigenvalue weighted by Gasteiger charge is 2.40. The third kappa shape index (κ3) is 3.69. The average molecular weight is 431 g/mol. The Hall–Kier alpha value is -3.17. The predicted octanol–water partition coefficient (Wildman–Crippen LogP) is 3.62. The Morgan fingerprint density at radius 2 is 2.00 bits per heavy atom. The number of hydrogen-bond donors (Lipinski definition) is 1. The highest BCUT2D eigenvalue weighted by atomic mass is 35.5. The number of benzene rings is 1. The fourth-order valence-electron chi connectivity index (χ4n) is 3.34. The SMILES string of the molecule is C[C@@H](n1cc(-c2cnccc2Cl)cn1)[C@](O)(Cn1cncn1)c1ccc(F)cc1F. The number of rotatable bonds is 6. The third-order valence-corrected chi connectivity index (χ3v) is 5.37. The van der Waals surface area contributed by atoms with E-state index in [1.54, 1.807) is 37.8 Å². The van der Waals surface area contributed by atoms with Gasteiger partial charge < -0.3 is 5.11 Å². The highest BCUT2D eigenvalue weighted by Crippen LogP contribution is 2.37. The van der Waals surface area contributed by atoms with E-state index in [1.165, 1.54) is 28.1 Å². The summed E-state index contributed by atoms with van der Waals surface area (Å²) in [5.41, 5.74) is -0.538. The molecule has 10 heteroatoms. The summed E-state index contributed by atoms with van der Waals surface area (Å²) < 4.78 is 31.0. The van der Waals surface area contributed by atoms with Gasteiger partial charge in [-0.25, -0.2) is 18.4 Å². The topological polar surface area (TPSA) is 81.6 Å². The van der Waals surface area contributed by atoms with Crippen LogP contribution < -0.4 is 0 Å². The van der Waals surface area contributed by atoms with E-state index in [4.69, 9.17) is 11.6 Å². The van der Waals surface area contributed by atoms with E-state index >= 15 is 0 Å². The summed E-state index contributed by atoms with van der Waals surface area (Å²) in [6.45, 7) is 1.56. The molecule has 0 saturated heterocycles. The van der Waals surface area contributed by atoms with Crippen molar-refractivity contribution in [3.8, 4) is 11.1 Å². The molecule has 3 heterocycles. The molecule has 0 aliphatic rings. The summed E-state index contributed by atoms with van der Waals surface area (Å²) in [5.74, 6) is -1.60. The third-order valence-electron chi connectivity index (χ3n) is 5.04. The monoisotopic (exact) mass is 430 g/mol. The van der Waals surface area contributed by atoms with Gasteiger partial charge in [-0.2, -0.15) is 10.2 Å². The molecule has 0 aliphatic carbocycles. The normalized spacial score (nSPS) is 14.4. The van der Waals surface area contributed by atoms with E-state index in [0.717, 1.165) is 12.1 Å². The van der Waals surface area contributed by atoms with E-state index in [1.807, 2.05) is 0 Å². The molecule has 0 unspecified atom stereocenters. The van der Waals surface area contributed by atoms with Gasteiger partial charge in [0.1, 0.15) is 29.9 Å². The Balaban J connectivity index is 1.76. The lowest BCUT2D eigenvalue weighted by atomic mass is 9.86. The molecule has 1 aromatic carbocycles. The summed E-state index contributed by atoms with van der Waals surface area (Å²) in [6.07, 6.45) is 9.16. The Bertz CT molecular complexity index is 1170. The zero-order valence-corrected chi connectivity index (χ0v) is 16.6. The standard InChI is InChI=1S/C20H17ClF2N6O/c1-13(29-9-14(7-26-29)16-8-24-5-4-18(16)21)20(30,10-28-12-25-11-27-28)17-3-2-15(22)6-19(17)23/h2-9,11-13,30H,10H2,1H3/t13-,20-/m1/s1. The van der Waals surface area contributed by atoms with Crippen LogP contribution in [0.5, 0.6) is 0 Å². The molecule has 0 spiro atoms. The number of halogens is 3. The van der Waals surface area contributed by atoms with E-state index < -0.39 is 23.3 Å². The first-order valence-corrected chi connectivity index (χ1v) is 9.40. The van der Waals surface area contributed by atoms with Gasteiger partial charge in [0.05, 0.1) is 23.8 Å². The van der Waals surface area contributed by atoms with Crippen molar-refractivity contribution in [1.29, 1.82) is 0 Å². The van der Waals surface area contributed by atoms with Gasteiger partial charge in [-0.05, 0) is 19.1 Å². The smallest absolute Gasteiger partial charge is 0.137 e. The van der Waals surface area contributed by atoms with Crippen LogP contribution in [0, 0.1) is 11.6 Å². The molecule has 0 saturated carbocycles. The molecule has 0 amide bonds. The minimum absolute atomic E-state index is 0.0802. The van der Waals surface area contributed by atoms with E-state index in [0.29, 0.717) is 16.1 Å². The van der Waals surface area contributed by atoms with Gasteiger partial charge in [-0.1, -0.05) is 17.7 Å². The fraction of sp³-hybridized carbons (Fsp3) is 0.200. The Morgan fingerprint density at radius 1 is 1.17 bits per heavy atom. The molecule has 30 heavy (non-hydrogen) atoms. The van der Waals surface area contributed by atoms with Gasteiger partial charge >= 0.3 is 0 Å². The Kier molecular flexibility index (Phi) is 5.31. The Labute approximate surface area is 175 Å². The van der Waals surface area contributed by atoms with Crippen LogP contribution in [-0.2, 0) is 12.1 Å². The van der Waals surface area contributed by atoms with Gasteiger partial charge in [0, 0.05) is 41.3 Å². The molecule has 154 valence electrons. The van der Waals surface area contributed by atoms with Crippen molar-refractivity contribution in [1.82, 2.24) is 29.5 Å². The van der Waals surface area contributed by atoms with Gasteiger partial charge in [-0.3, -0.25) is 9.67 Å². The fourth-order valence-corrected chi connectivity index (χ4v) is 3.56. The van der Waals surface area contributed by atoms with Crippen LogP contribution in [0.4, 0.5) is 8.78 Å². The minimum atomic E-state index is -1.81. The predicted molar refractivity (Wildman–Crippen MR) is 105 cm³/mol. The highest BCUT2D eigenvalue weighted by molar-refractivity contribution is 6.33. The quantitative estimate of drug-likeness (QED) is 0.505. The molecule has 0 aliphatic heterocycles. The molecule has 4 rings (SSSR count). The lowest BCUT2D eigenvalue weighted by Crippen LogP contribution is -2.40. The average Bonchev–Trinajstić information content (AvgIpc) is 3.39. The molecule has 1 N–H and O–H groups in total. The lowest BCUT2D eigenvalue weighted by molar-refractivity contribution is -0.0368. The maximum Gasteiger partial charge on any atom is 0.137 e. The van der Waals surface area contributed by atoms with Crippen LogP contribution >= 0.6 is 11.6 Å². The first-order chi connectivity index (χ1) is 14.4. The van der Waals surface area contributed by atoms with E-state index in [-0.39, 0.29) is 12.1 Å². The number of hydrogen-bond acceptors (Lipinski definition) is 5. The van der Waals surface area contributed by atoms with Crippen LogP contribution in [0.1, 0.15) is 18.5 Å². The van der Waals surface area contributed by atoms with Crippen LogP contribution in [-0.4, -0.2) is 34.6 Å². The maximum absolute atomic E-state index is 14.7. The molecule has 3 aromatic heterocycles. The number of aliphatic hydroxyl groups is 1. The summed E-state index contributed by atoms with van der Waals surface area (Å²) in [4.78, 5) is 7.93. The zero-order valence-electron chi connectivity index (χ0n) is 15.8. The van der Waals surface area contributed by atoms with Gasteiger partial charge in [0.2, 0.25) is 0 Å². The van der Waals surface area contributed by atoms with Crippen molar-refractivity contribution in [2.45, 2.75) is 25.1 Å². The number of pyridine rings is 1. The van der Waals surface area contributed by atoms with E-state index in [2.05, 4.69) is 20.2 Å². The molecule has 0 radical (unpaired) electrons. The second-order valence-electron chi connectivity index (χ2n) is 6.88. The van der Waals surface area contributed by atoms with E-state index in [9.17, 15) is 13.9 Å². The molecule has 2 atom stereocenters. The summed E-state index contributed by atoms with van der Waals surface area (Å²) in [7, 11) is 0. The lowest BCUT2D eigenvalue weighted by Gasteiger charge is -2.34. The van der Waals surface area contributed by atoms with Crippen molar-refractivity contribution in [3.63, 3.8) is 0 Å².